The summed E-state index contributed by atoms with van der Waals surface area (Å²) in [6.07, 6.45) is 1.51. The SMILES string of the molecule is COc1ccc(/C=N\NC(=O)COc2ccc(Cl)c(C)c2)cc1OC. The Morgan fingerprint density at radius 1 is 1.16 bits per heavy atom. The van der Waals surface area contributed by atoms with Crippen LogP contribution in [0.2, 0.25) is 5.02 Å². The minimum absolute atomic E-state index is 0.148. The van der Waals surface area contributed by atoms with Crippen molar-refractivity contribution in [1.29, 1.82) is 0 Å². The summed E-state index contributed by atoms with van der Waals surface area (Å²) in [6, 6.07) is 10.5. The number of carbonyl (C=O) groups excluding carboxylic acids is 1. The van der Waals surface area contributed by atoms with Gasteiger partial charge in [0.2, 0.25) is 0 Å². The van der Waals surface area contributed by atoms with Crippen LogP contribution in [0.3, 0.4) is 0 Å². The highest BCUT2D eigenvalue weighted by Crippen LogP contribution is 2.26. The zero-order chi connectivity index (χ0) is 18.2. The molecule has 0 aliphatic heterocycles. The fourth-order valence-electron chi connectivity index (χ4n) is 2.00. The number of halogens is 1. The molecule has 132 valence electrons. The van der Waals surface area contributed by atoms with E-state index in [-0.39, 0.29) is 12.5 Å². The van der Waals surface area contributed by atoms with Gasteiger partial charge in [-0.25, -0.2) is 5.43 Å². The van der Waals surface area contributed by atoms with Crippen LogP contribution in [-0.2, 0) is 4.79 Å². The number of aryl methyl sites for hydroxylation is 1. The molecule has 0 atom stereocenters. The average molecular weight is 363 g/mol. The molecular weight excluding hydrogens is 344 g/mol. The van der Waals surface area contributed by atoms with E-state index in [1.165, 1.54) is 6.21 Å². The molecule has 0 aromatic heterocycles. The smallest absolute Gasteiger partial charge is 0.277 e. The third-order valence-electron chi connectivity index (χ3n) is 3.31. The lowest BCUT2D eigenvalue weighted by atomic mass is 10.2. The summed E-state index contributed by atoms with van der Waals surface area (Å²) in [6.45, 7) is 1.72. The number of rotatable bonds is 7. The quantitative estimate of drug-likeness (QED) is 0.606. The molecule has 0 saturated carbocycles. The van der Waals surface area contributed by atoms with Gasteiger partial charge in [-0.15, -0.1) is 0 Å². The molecule has 1 N–H and O–H groups in total. The number of methoxy groups -OCH3 is 2. The number of hydrazone groups is 1. The zero-order valence-corrected chi connectivity index (χ0v) is 15.0. The van der Waals surface area contributed by atoms with Crippen molar-refractivity contribution in [2.45, 2.75) is 6.92 Å². The van der Waals surface area contributed by atoms with E-state index in [0.717, 1.165) is 11.1 Å². The summed E-state index contributed by atoms with van der Waals surface area (Å²) in [7, 11) is 3.12. The Morgan fingerprint density at radius 3 is 2.60 bits per heavy atom. The maximum atomic E-state index is 11.8. The molecule has 0 unspecified atom stereocenters. The molecule has 2 aromatic carbocycles. The third-order valence-corrected chi connectivity index (χ3v) is 3.73. The maximum absolute atomic E-state index is 11.8. The van der Waals surface area contributed by atoms with E-state index in [1.54, 1.807) is 50.6 Å². The molecule has 7 heteroatoms. The van der Waals surface area contributed by atoms with Crippen LogP contribution in [0, 0.1) is 6.92 Å². The predicted octanol–water partition coefficient (Wildman–Crippen LogP) is 3.19. The van der Waals surface area contributed by atoms with Gasteiger partial charge >= 0.3 is 0 Å². The molecule has 0 bridgehead atoms. The van der Waals surface area contributed by atoms with Crippen LogP contribution in [0.15, 0.2) is 41.5 Å². The molecule has 0 aliphatic carbocycles. The zero-order valence-electron chi connectivity index (χ0n) is 14.2. The number of nitrogens with one attached hydrogen (secondary N) is 1. The maximum Gasteiger partial charge on any atom is 0.277 e. The van der Waals surface area contributed by atoms with Crippen LogP contribution < -0.4 is 19.6 Å². The van der Waals surface area contributed by atoms with Gasteiger partial charge < -0.3 is 14.2 Å². The number of hydrogen-bond donors (Lipinski definition) is 1. The summed E-state index contributed by atoms with van der Waals surface area (Å²) in [5.74, 6) is 1.40. The molecule has 2 rings (SSSR count). The summed E-state index contributed by atoms with van der Waals surface area (Å²) in [5.41, 5.74) is 4.04. The number of benzene rings is 2. The number of ether oxygens (including phenoxy) is 3. The Morgan fingerprint density at radius 2 is 1.92 bits per heavy atom. The van der Waals surface area contributed by atoms with Gasteiger partial charge in [0.05, 0.1) is 20.4 Å². The van der Waals surface area contributed by atoms with Crippen molar-refractivity contribution in [1.82, 2.24) is 5.43 Å². The van der Waals surface area contributed by atoms with Gasteiger partial charge in [0.25, 0.3) is 5.91 Å². The first-order valence-electron chi connectivity index (χ1n) is 7.46. The van der Waals surface area contributed by atoms with Crippen LogP contribution in [0.25, 0.3) is 0 Å². The van der Waals surface area contributed by atoms with E-state index in [4.69, 9.17) is 25.8 Å². The summed E-state index contributed by atoms with van der Waals surface area (Å²) < 4.78 is 15.8. The highest BCUT2D eigenvalue weighted by Gasteiger charge is 2.05. The monoisotopic (exact) mass is 362 g/mol. The Hall–Kier alpha value is -2.73. The van der Waals surface area contributed by atoms with Crippen LogP contribution in [0.4, 0.5) is 0 Å². The van der Waals surface area contributed by atoms with Crippen molar-refractivity contribution in [3.63, 3.8) is 0 Å². The van der Waals surface area contributed by atoms with Crippen molar-refractivity contribution < 1.29 is 19.0 Å². The van der Waals surface area contributed by atoms with Gasteiger partial charge in [-0.2, -0.15) is 5.10 Å². The lowest BCUT2D eigenvalue weighted by Gasteiger charge is -2.08. The predicted molar refractivity (Wildman–Crippen MR) is 97.0 cm³/mol. The van der Waals surface area contributed by atoms with Crippen molar-refractivity contribution >= 4 is 23.7 Å². The summed E-state index contributed by atoms with van der Waals surface area (Å²) in [5, 5.41) is 4.54. The van der Waals surface area contributed by atoms with E-state index in [9.17, 15) is 4.79 Å². The highest BCUT2D eigenvalue weighted by atomic mass is 35.5. The molecule has 0 radical (unpaired) electrons. The molecular formula is C18H19ClN2O4. The first kappa shape index (κ1) is 18.6. The Kier molecular flexibility index (Phi) is 6.65. The molecule has 6 nitrogen and oxygen atoms in total. The molecule has 0 aliphatic rings. The van der Waals surface area contributed by atoms with Gasteiger partial charge in [0, 0.05) is 5.02 Å². The first-order chi connectivity index (χ1) is 12.0. The molecule has 0 heterocycles. The van der Waals surface area contributed by atoms with Crippen molar-refractivity contribution in [2.75, 3.05) is 20.8 Å². The van der Waals surface area contributed by atoms with E-state index >= 15 is 0 Å². The minimum Gasteiger partial charge on any atom is -0.493 e. The lowest BCUT2D eigenvalue weighted by Crippen LogP contribution is -2.24. The van der Waals surface area contributed by atoms with E-state index < -0.39 is 0 Å². The highest BCUT2D eigenvalue weighted by molar-refractivity contribution is 6.31. The standard InChI is InChI=1S/C18H19ClN2O4/c1-12-8-14(5-6-15(12)19)25-11-18(22)21-20-10-13-4-7-16(23-2)17(9-13)24-3/h4-10H,11H2,1-3H3,(H,21,22)/b20-10-. The van der Waals surface area contributed by atoms with Crippen molar-refractivity contribution in [3.05, 3.63) is 52.5 Å². The van der Waals surface area contributed by atoms with E-state index in [0.29, 0.717) is 22.3 Å². The van der Waals surface area contributed by atoms with E-state index in [1.807, 2.05) is 6.92 Å². The average Bonchev–Trinajstić information content (AvgIpc) is 2.62. The number of nitrogens with zero attached hydrogens (tertiary/aromatic N) is 1. The van der Waals surface area contributed by atoms with Crippen LogP contribution in [-0.4, -0.2) is 32.9 Å². The minimum atomic E-state index is -0.371. The van der Waals surface area contributed by atoms with Crippen molar-refractivity contribution in [2.24, 2.45) is 5.10 Å². The number of hydrogen-bond acceptors (Lipinski definition) is 5. The number of carbonyl (C=O) groups is 1. The van der Waals surface area contributed by atoms with Gasteiger partial charge in [-0.1, -0.05) is 11.6 Å². The normalized spacial score (nSPS) is 10.6. The molecule has 0 spiro atoms. The second-order valence-electron chi connectivity index (χ2n) is 5.11. The van der Waals surface area contributed by atoms with Gasteiger partial charge in [-0.3, -0.25) is 4.79 Å². The Labute approximate surface area is 151 Å². The third kappa shape index (κ3) is 5.39. The summed E-state index contributed by atoms with van der Waals surface area (Å²) in [4.78, 5) is 11.8. The van der Waals surface area contributed by atoms with Crippen LogP contribution >= 0.6 is 11.6 Å². The Bertz CT molecular complexity index is 778. The van der Waals surface area contributed by atoms with Crippen molar-refractivity contribution in [3.8, 4) is 17.2 Å². The topological polar surface area (TPSA) is 69.2 Å². The molecule has 0 fully saturated rings. The van der Waals surface area contributed by atoms with Crippen LogP contribution in [0.5, 0.6) is 17.2 Å². The fraction of sp³-hybridized carbons (Fsp3) is 0.222. The Balaban J connectivity index is 1.86. The lowest BCUT2D eigenvalue weighted by molar-refractivity contribution is -0.123. The largest absolute Gasteiger partial charge is 0.493 e. The number of amides is 1. The molecule has 1 amide bonds. The fourth-order valence-corrected chi connectivity index (χ4v) is 2.12. The van der Waals surface area contributed by atoms with Crippen LogP contribution in [0.1, 0.15) is 11.1 Å². The molecule has 2 aromatic rings. The molecule has 25 heavy (non-hydrogen) atoms. The second-order valence-corrected chi connectivity index (χ2v) is 5.51. The van der Waals surface area contributed by atoms with Gasteiger partial charge in [0.15, 0.2) is 18.1 Å². The molecule has 0 saturated heterocycles. The van der Waals surface area contributed by atoms with Gasteiger partial charge in [-0.05, 0) is 54.4 Å². The second kappa shape index (κ2) is 8.94. The van der Waals surface area contributed by atoms with Gasteiger partial charge in [0.1, 0.15) is 5.75 Å². The summed E-state index contributed by atoms with van der Waals surface area (Å²) >= 11 is 5.94. The van der Waals surface area contributed by atoms with E-state index in [2.05, 4.69) is 10.5 Å². The first-order valence-corrected chi connectivity index (χ1v) is 7.84.